The van der Waals surface area contributed by atoms with Gasteiger partial charge in [0.25, 0.3) is 0 Å². The van der Waals surface area contributed by atoms with Crippen LogP contribution in [-0.2, 0) is 0 Å². The zero-order chi connectivity index (χ0) is 29.2. The van der Waals surface area contributed by atoms with Gasteiger partial charge >= 0.3 is 0 Å². The van der Waals surface area contributed by atoms with Gasteiger partial charge in [-0.05, 0) is 91.6 Å². The Bertz CT molecular complexity index is 1700. The van der Waals surface area contributed by atoms with Crippen LogP contribution in [0.25, 0.3) is 39.2 Å². The number of aryl methyl sites for hydroxylation is 1. The van der Waals surface area contributed by atoms with E-state index in [9.17, 15) is 4.79 Å². The molecule has 0 unspecified atom stereocenters. The topological polar surface area (TPSA) is 42.3 Å². The summed E-state index contributed by atoms with van der Waals surface area (Å²) in [6.45, 7) is 9.91. The number of carbonyl (C=O) groups excluding carboxylic acids is 1. The van der Waals surface area contributed by atoms with Crippen LogP contribution >= 0.6 is 0 Å². The third kappa shape index (κ3) is 7.01. The Hall–Kier alpha value is -4.89. The molecule has 0 atom stereocenters. The molecule has 0 aliphatic heterocycles. The number of hydrogen-bond acceptors (Lipinski definition) is 3. The number of aliphatic imine (C=N–C) groups is 1. The number of pyridine rings is 1. The second-order valence-corrected chi connectivity index (χ2v) is 9.44. The Labute approximate surface area is 244 Å². The fourth-order valence-corrected chi connectivity index (χ4v) is 4.75. The highest BCUT2D eigenvalue weighted by Crippen LogP contribution is 2.33. The molecule has 5 rings (SSSR count). The molecule has 0 fully saturated rings. The molecule has 5 aromatic rings. The summed E-state index contributed by atoms with van der Waals surface area (Å²) in [4.78, 5) is 22.8. The van der Waals surface area contributed by atoms with Crippen molar-refractivity contribution in [2.24, 2.45) is 4.99 Å². The number of benzene rings is 4. The maximum Gasteiger partial charge on any atom is 0.193 e. The lowest BCUT2D eigenvalue weighted by Crippen LogP contribution is -2.02. The van der Waals surface area contributed by atoms with E-state index in [0.717, 1.165) is 50.3 Å². The normalized spacial score (nSPS) is 11.2. The van der Waals surface area contributed by atoms with Crippen molar-refractivity contribution >= 4 is 17.7 Å². The van der Waals surface area contributed by atoms with Crippen LogP contribution in [0.15, 0.2) is 126 Å². The summed E-state index contributed by atoms with van der Waals surface area (Å²) in [7, 11) is 0. The number of nitrogens with zero attached hydrogens (tertiary/aromatic N) is 2. The number of allylic oxidation sites excluding steroid dienone is 1. The van der Waals surface area contributed by atoms with Crippen LogP contribution in [0.4, 0.5) is 0 Å². The number of aromatic nitrogens is 1. The van der Waals surface area contributed by atoms with Gasteiger partial charge in [-0.25, -0.2) is 0 Å². The second kappa shape index (κ2) is 14.0. The van der Waals surface area contributed by atoms with Crippen LogP contribution in [0.1, 0.15) is 54.7 Å². The molecule has 0 radical (unpaired) electrons. The minimum Gasteiger partial charge on any atom is -0.289 e. The summed E-state index contributed by atoms with van der Waals surface area (Å²) >= 11 is 0. The third-order valence-corrected chi connectivity index (χ3v) is 6.67. The predicted octanol–water partition coefficient (Wildman–Crippen LogP) is 10.1. The fraction of sp³-hybridized carbons (Fsp3) is 0.132. The van der Waals surface area contributed by atoms with Gasteiger partial charge in [0, 0.05) is 34.7 Å². The lowest BCUT2D eigenvalue weighted by molar-refractivity contribution is 0.103. The molecular weight excluding hydrogens is 500 g/mol. The Morgan fingerprint density at radius 1 is 0.634 bits per heavy atom. The van der Waals surface area contributed by atoms with Crippen molar-refractivity contribution in [3.63, 3.8) is 0 Å². The molecule has 3 heteroatoms. The van der Waals surface area contributed by atoms with Crippen LogP contribution in [0.2, 0.25) is 0 Å². The number of rotatable bonds is 7. The van der Waals surface area contributed by atoms with Crippen LogP contribution in [0.3, 0.4) is 0 Å². The van der Waals surface area contributed by atoms with Crippen molar-refractivity contribution in [3.8, 4) is 33.5 Å². The first-order chi connectivity index (χ1) is 20.1. The number of carbonyl (C=O) groups is 1. The minimum atomic E-state index is 0.00330. The van der Waals surface area contributed by atoms with E-state index < -0.39 is 0 Å². The average Bonchev–Trinajstić information content (AvgIpc) is 3.04. The maximum absolute atomic E-state index is 13.7. The monoisotopic (exact) mass is 536 g/mol. The highest BCUT2D eigenvalue weighted by atomic mass is 16.1. The second-order valence-electron chi connectivity index (χ2n) is 9.44. The molecule has 1 heterocycles. The fourth-order valence-electron chi connectivity index (χ4n) is 4.75. The molecule has 204 valence electrons. The van der Waals surface area contributed by atoms with E-state index in [1.54, 1.807) is 12.4 Å². The van der Waals surface area contributed by atoms with E-state index in [1.165, 1.54) is 0 Å². The lowest BCUT2D eigenvalue weighted by Gasteiger charge is -2.13. The Balaban J connectivity index is 0.00000189. The van der Waals surface area contributed by atoms with E-state index in [1.807, 2.05) is 107 Å². The first kappa shape index (κ1) is 29.1. The van der Waals surface area contributed by atoms with Crippen molar-refractivity contribution in [2.75, 3.05) is 0 Å². The predicted molar refractivity (Wildman–Crippen MR) is 174 cm³/mol. The zero-order valence-corrected chi connectivity index (χ0v) is 24.4. The molecule has 0 saturated heterocycles. The zero-order valence-electron chi connectivity index (χ0n) is 24.4. The van der Waals surface area contributed by atoms with Crippen molar-refractivity contribution < 1.29 is 4.79 Å². The molecule has 0 aliphatic rings. The minimum absolute atomic E-state index is 0.00330. The standard InChI is InChI=1S/C36H30N2O.C2H6/c1-4-34(37-5-2)28-14-9-12-26(20-28)31-22-32(24-33(23-31)36(39)30-16-8-11-25(3)19-30)27-13-10-15-29(21-27)35-17-6-7-18-38-35;1-2/h4-24H,1-3H3;1-2H3/b34-4-,37-5?;. The Morgan fingerprint density at radius 2 is 1.24 bits per heavy atom. The van der Waals surface area contributed by atoms with Crippen molar-refractivity contribution in [1.82, 2.24) is 4.98 Å². The van der Waals surface area contributed by atoms with E-state index in [2.05, 4.69) is 52.4 Å². The molecule has 0 saturated carbocycles. The van der Waals surface area contributed by atoms with Crippen LogP contribution in [0.5, 0.6) is 0 Å². The smallest absolute Gasteiger partial charge is 0.193 e. The van der Waals surface area contributed by atoms with Crippen LogP contribution < -0.4 is 0 Å². The first-order valence-electron chi connectivity index (χ1n) is 14.1. The van der Waals surface area contributed by atoms with E-state index >= 15 is 0 Å². The van der Waals surface area contributed by atoms with Gasteiger partial charge in [-0.15, -0.1) is 0 Å². The van der Waals surface area contributed by atoms with Crippen LogP contribution in [0, 0.1) is 6.92 Å². The lowest BCUT2D eigenvalue weighted by atomic mass is 9.91. The SMILES string of the molecule is CC.CC=N/C(=C\C)c1cccc(-c2cc(C(=O)c3cccc(C)c3)cc(-c3cccc(-c4ccccn4)c3)c2)c1. The van der Waals surface area contributed by atoms with E-state index in [0.29, 0.717) is 11.1 Å². The van der Waals surface area contributed by atoms with Crippen LogP contribution in [-0.4, -0.2) is 17.0 Å². The van der Waals surface area contributed by atoms with Gasteiger partial charge < -0.3 is 0 Å². The molecule has 1 aromatic heterocycles. The highest BCUT2D eigenvalue weighted by molar-refractivity contribution is 6.10. The van der Waals surface area contributed by atoms with Crippen molar-refractivity contribution in [3.05, 3.63) is 144 Å². The average molecular weight is 537 g/mol. The molecule has 0 N–H and O–H groups in total. The molecule has 0 bridgehead atoms. The Morgan fingerprint density at radius 3 is 1.90 bits per heavy atom. The van der Waals surface area contributed by atoms with Gasteiger partial charge in [0.2, 0.25) is 0 Å². The van der Waals surface area contributed by atoms with Gasteiger partial charge in [0.1, 0.15) is 0 Å². The van der Waals surface area contributed by atoms with Crippen molar-refractivity contribution in [1.29, 1.82) is 0 Å². The third-order valence-electron chi connectivity index (χ3n) is 6.67. The van der Waals surface area contributed by atoms with Gasteiger partial charge in [-0.3, -0.25) is 14.8 Å². The van der Waals surface area contributed by atoms with E-state index in [-0.39, 0.29) is 5.78 Å². The molecule has 0 spiro atoms. The van der Waals surface area contributed by atoms with E-state index in [4.69, 9.17) is 0 Å². The number of ketones is 1. The van der Waals surface area contributed by atoms with Gasteiger partial charge in [-0.1, -0.05) is 86.2 Å². The summed E-state index contributed by atoms with van der Waals surface area (Å²) in [5, 5.41) is 0. The molecule has 3 nitrogen and oxygen atoms in total. The molecule has 0 aliphatic carbocycles. The maximum atomic E-state index is 13.7. The van der Waals surface area contributed by atoms with Crippen molar-refractivity contribution in [2.45, 2.75) is 34.6 Å². The Kier molecular flexibility index (Phi) is 9.90. The van der Waals surface area contributed by atoms with Gasteiger partial charge in [-0.2, -0.15) is 0 Å². The largest absolute Gasteiger partial charge is 0.289 e. The highest BCUT2D eigenvalue weighted by Gasteiger charge is 2.15. The summed E-state index contributed by atoms with van der Waals surface area (Å²) < 4.78 is 0. The molecule has 4 aromatic carbocycles. The molecule has 41 heavy (non-hydrogen) atoms. The summed E-state index contributed by atoms with van der Waals surface area (Å²) in [6, 6.07) is 36.4. The van der Waals surface area contributed by atoms with Gasteiger partial charge in [0.15, 0.2) is 5.78 Å². The summed E-state index contributed by atoms with van der Waals surface area (Å²) in [6.07, 6.45) is 5.61. The first-order valence-corrected chi connectivity index (χ1v) is 14.1. The molecular formula is C38H36N2O. The number of hydrogen-bond donors (Lipinski definition) is 0. The quantitative estimate of drug-likeness (QED) is 0.153. The molecule has 0 amide bonds. The van der Waals surface area contributed by atoms with Gasteiger partial charge in [0.05, 0.1) is 11.4 Å². The summed E-state index contributed by atoms with van der Waals surface area (Å²) in [5.41, 5.74) is 10.3. The summed E-state index contributed by atoms with van der Waals surface area (Å²) in [5.74, 6) is 0.00330.